The number of nitrogens with zero attached hydrogens (tertiary/aromatic N) is 4. The van der Waals surface area contributed by atoms with Gasteiger partial charge in [0, 0.05) is 25.2 Å². The molecule has 0 aromatic carbocycles. The molecule has 0 unspecified atom stereocenters. The maximum atomic E-state index is 11.0. The molecule has 2 heterocycles. The van der Waals surface area contributed by atoms with Gasteiger partial charge in [-0.2, -0.15) is 15.0 Å². The van der Waals surface area contributed by atoms with Crippen LogP contribution in [0.3, 0.4) is 0 Å². The first kappa shape index (κ1) is 13.2. The Kier molecular flexibility index (Phi) is 3.92. The van der Waals surface area contributed by atoms with E-state index in [-0.39, 0.29) is 10.8 Å². The number of aromatic amines is 1. The van der Waals surface area contributed by atoms with Gasteiger partial charge in [-0.1, -0.05) is 11.3 Å². The summed E-state index contributed by atoms with van der Waals surface area (Å²) < 4.78 is 0. The normalized spacial score (nSPS) is 10.3. The van der Waals surface area contributed by atoms with Gasteiger partial charge in [0.25, 0.3) is 0 Å². The second-order valence-electron chi connectivity index (χ2n) is 3.85. The summed E-state index contributed by atoms with van der Waals surface area (Å²) in [6.07, 6.45) is 0. The molecule has 2 aromatic heterocycles. The average molecular weight is 282 g/mol. The number of rotatable bonds is 5. The third-order valence-electron chi connectivity index (χ3n) is 2.16. The lowest BCUT2D eigenvalue weighted by Crippen LogP contribution is -2.19. The fourth-order valence-electron chi connectivity index (χ4n) is 1.28. The predicted octanol–water partition coefficient (Wildman–Crippen LogP) is -0.415. The molecule has 0 bridgehead atoms. The van der Waals surface area contributed by atoms with Gasteiger partial charge < -0.3 is 15.2 Å². The second-order valence-corrected chi connectivity index (χ2v) is 4.69. The molecule has 2 aromatic rings. The molecule has 0 saturated heterocycles. The van der Waals surface area contributed by atoms with Crippen molar-refractivity contribution in [3.8, 4) is 0 Å². The number of nitrogen functional groups attached to an aromatic ring is 1. The van der Waals surface area contributed by atoms with Gasteiger partial charge >= 0.3 is 4.87 Å². The number of hydrogen-bond acceptors (Lipinski definition) is 9. The molecule has 102 valence electrons. The molecule has 0 saturated carbocycles. The van der Waals surface area contributed by atoms with E-state index in [1.165, 1.54) is 0 Å². The first-order valence-electron chi connectivity index (χ1n) is 5.39. The summed E-state index contributed by atoms with van der Waals surface area (Å²) >= 11 is 1.11. The fraction of sp³-hybridized carbons (Fsp3) is 0.333. The van der Waals surface area contributed by atoms with Crippen LogP contribution in [0, 0.1) is 0 Å². The Balaban J connectivity index is 2.14. The maximum absolute atomic E-state index is 11.0. The minimum Gasteiger partial charge on any atom is -0.348 e. The van der Waals surface area contributed by atoms with E-state index in [4.69, 9.17) is 5.84 Å². The van der Waals surface area contributed by atoms with Crippen LogP contribution in [0.25, 0.3) is 0 Å². The van der Waals surface area contributed by atoms with Crippen LogP contribution in [0.2, 0.25) is 0 Å². The summed E-state index contributed by atoms with van der Waals surface area (Å²) in [4.78, 5) is 27.7. The molecule has 0 amide bonds. The maximum Gasteiger partial charge on any atom is 0.304 e. The van der Waals surface area contributed by atoms with Crippen LogP contribution in [0.1, 0.15) is 5.69 Å². The highest BCUT2D eigenvalue weighted by atomic mass is 32.1. The van der Waals surface area contributed by atoms with E-state index in [0.29, 0.717) is 18.4 Å². The number of thiazole rings is 1. The van der Waals surface area contributed by atoms with Crippen LogP contribution in [0.15, 0.2) is 10.2 Å². The molecule has 9 nitrogen and oxygen atoms in total. The lowest BCUT2D eigenvalue weighted by atomic mass is 10.5. The van der Waals surface area contributed by atoms with E-state index in [1.54, 1.807) is 10.3 Å². The lowest BCUT2D eigenvalue weighted by Gasteiger charge is -2.12. The summed E-state index contributed by atoms with van der Waals surface area (Å²) in [6.45, 7) is 0.416. The number of aromatic nitrogens is 4. The molecule has 0 aliphatic heterocycles. The van der Waals surface area contributed by atoms with Crippen molar-refractivity contribution < 1.29 is 0 Å². The first-order chi connectivity index (χ1) is 9.08. The van der Waals surface area contributed by atoms with Crippen LogP contribution in [0.4, 0.5) is 17.8 Å². The zero-order valence-electron chi connectivity index (χ0n) is 10.5. The van der Waals surface area contributed by atoms with Gasteiger partial charge in [-0.05, 0) is 0 Å². The van der Waals surface area contributed by atoms with Gasteiger partial charge in [0.05, 0.1) is 6.54 Å². The molecule has 0 aliphatic carbocycles. The van der Waals surface area contributed by atoms with E-state index in [2.05, 4.69) is 30.7 Å². The Morgan fingerprint density at radius 1 is 1.37 bits per heavy atom. The minimum absolute atomic E-state index is 0.0919. The van der Waals surface area contributed by atoms with Crippen molar-refractivity contribution in [1.82, 2.24) is 19.9 Å². The van der Waals surface area contributed by atoms with Crippen LogP contribution in [0.5, 0.6) is 0 Å². The number of H-pyrrole nitrogens is 1. The van der Waals surface area contributed by atoms with E-state index in [0.717, 1.165) is 17.0 Å². The van der Waals surface area contributed by atoms with Gasteiger partial charge in [-0.15, -0.1) is 0 Å². The molecule has 0 fully saturated rings. The molecule has 0 spiro atoms. The largest absolute Gasteiger partial charge is 0.348 e. The molecule has 5 N–H and O–H groups in total. The van der Waals surface area contributed by atoms with Crippen LogP contribution in [-0.4, -0.2) is 34.0 Å². The third kappa shape index (κ3) is 3.39. The summed E-state index contributed by atoms with van der Waals surface area (Å²) in [5, 5.41) is 4.74. The summed E-state index contributed by atoms with van der Waals surface area (Å²) in [5.41, 5.74) is 3.15. The highest BCUT2D eigenvalue weighted by Gasteiger charge is 2.07. The number of nitrogens with two attached hydrogens (primary N) is 1. The van der Waals surface area contributed by atoms with Crippen molar-refractivity contribution in [2.45, 2.75) is 6.54 Å². The zero-order chi connectivity index (χ0) is 13.8. The highest BCUT2D eigenvalue weighted by molar-refractivity contribution is 7.07. The van der Waals surface area contributed by atoms with E-state index < -0.39 is 0 Å². The molecule has 0 aliphatic rings. The van der Waals surface area contributed by atoms with Crippen LogP contribution in [-0.2, 0) is 6.54 Å². The number of hydrazine groups is 1. The number of nitrogens with one attached hydrogen (secondary N) is 3. The molecule has 2 rings (SSSR count). The smallest absolute Gasteiger partial charge is 0.304 e. The van der Waals surface area contributed by atoms with Crippen molar-refractivity contribution in [3.05, 3.63) is 20.7 Å². The van der Waals surface area contributed by atoms with Gasteiger partial charge in [-0.25, -0.2) is 5.84 Å². The van der Waals surface area contributed by atoms with Gasteiger partial charge in [0.1, 0.15) is 0 Å². The average Bonchev–Trinajstić information content (AvgIpc) is 2.81. The Morgan fingerprint density at radius 2 is 2.11 bits per heavy atom. The number of hydrogen-bond donors (Lipinski definition) is 4. The Hall–Kier alpha value is -2.20. The molecule has 10 heteroatoms. The van der Waals surface area contributed by atoms with Crippen molar-refractivity contribution >= 4 is 29.2 Å². The molecule has 19 heavy (non-hydrogen) atoms. The minimum atomic E-state index is -0.0919. The van der Waals surface area contributed by atoms with Crippen molar-refractivity contribution in [1.29, 1.82) is 0 Å². The van der Waals surface area contributed by atoms with E-state index >= 15 is 0 Å². The quantitative estimate of drug-likeness (QED) is 0.430. The van der Waals surface area contributed by atoms with Gasteiger partial charge in [-0.3, -0.25) is 10.2 Å². The predicted molar refractivity (Wildman–Crippen MR) is 74.2 cm³/mol. The standard InChI is InChI=1S/C9H14N8OS/c1-17(2)8-14-6(13-7(15-8)16-10)11-3-5-4-19-9(18)12-5/h4H,3,10H2,1-2H3,(H,12,18)(H2,11,13,14,15,16). The van der Waals surface area contributed by atoms with Gasteiger partial charge in [0.15, 0.2) is 0 Å². The lowest BCUT2D eigenvalue weighted by molar-refractivity contribution is 0.932. The summed E-state index contributed by atoms with van der Waals surface area (Å²) in [7, 11) is 3.63. The Bertz CT molecular complexity index is 606. The Labute approximate surface area is 112 Å². The molecular formula is C9H14N8OS. The number of anilines is 3. The molecule has 0 radical (unpaired) electrons. The zero-order valence-corrected chi connectivity index (χ0v) is 11.3. The SMILES string of the molecule is CN(C)c1nc(NN)nc(NCc2csc(=O)[nH]2)n1. The molecule has 0 atom stereocenters. The first-order valence-corrected chi connectivity index (χ1v) is 6.27. The van der Waals surface area contributed by atoms with E-state index in [9.17, 15) is 4.79 Å². The summed E-state index contributed by atoms with van der Waals surface area (Å²) in [6, 6.07) is 0. The monoisotopic (exact) mass is 282 g/mol. The van der Waals surface area contributed by atoms with Crippen molar-refractivity contribution in [2.24, 2.45) is 5.84 Å². The van der Waals surface area contributed by atoms with Gasteiger partial charge in [0.2, 0.25) is 17.8 Å². The Morgan fingerprint density at radius 3 is 2.68 bits per heavy atom. The highest BCUT2D eigenvalue weighted by Crippen LogP contribution is 2.11. The molecular weight excluding hydrogens is 268 g/mol. The fourth-order valence-corrected chi connectivity index (χ4v) is 1.86. The topological polar surface area (TPSA) is 125 Å². The van der Waals surface area contributed by atoms with Crippen LogP contribution < -0.4 is 26.4 Å². The van der Waals surface area contributed by atoms with Crippen LogP contribution >= 0.6 is 11.3 Å². The van der Waals surface area contributed by atoms with E-state index in [1.807, 2.05) is 14.1 Å². The summed E-state index contributed by atoms with van der Waals surface area (Å²) in [5.74, 6) is 6.42. The van der Waals surface area contributed by atoms with Crippen molar-refractivity contribution in [2.75, 3.05) is 29.7 Å². The van der Waals surface area contributed by atoms with Crippen molar-refractivity contribution in [3.63, 3.8) is 0 Å². The second kappa shape index (κ2) is 5.63. The third-order valence-corrected chi connectivity index (χ3v) is 2.88.